The largest absolute Gasteiger partial charge is 0.249 e. The van der Waals surface area contributed by atoms with E-state index < -0.39 is 8.07 Å². The number of aryl methyl sites for hydroxylation is 1. The minimum absolute atomic E-state index is 1.10. The van der Waals surface area contributed by atoms with Crippen LogP contribution in [0.1, 0.15) is 31.3 Å². The number of thiazole rings is 1. The van der Waals surface area contributed by atoms with Gasteiger partial charge in [0.25, 0.3) is 0 Å². The Kier molecular flexibility index (Phi) is 4.73. The van der Waals surface area contributed by atoms with Gasteiger partial charge < -0.3 is 0 Å². The van der Waals surface area contributed by atoms with Crippen LogP contribution in [0.15, 0.2) is 11.2 Å². The molecule has 0 radical (unpaired) electrons. The Morgan fingerprint density at radius 1 is 1.27 bits per heavy atom. The normalized spacial score (nSPS) is 12.5. The highest BCUT2D eigenvalue weighted by Gasteiger charge is 2.22. The molecule has 0 bridgehead atoms. The van der Waals surface area contributed by atoms with Crippen molar-refractivity contribution in [2.45, 2.75) is 45.8 Å². The second-order valence-corrected chi connectivity index (χ2v) is 10.1. The number of nitrogens with zero attached hydrogens (tertiary/aromatic N) is 1. The molecule has 0 fully saturated rings. The summed E-state index contributed by atoms with van der Waals surface area (Å²) in [5.74, 6) is 0. The molecule has 0 spiro atoms. The van der Waals surface area contributed by atoms with E-state index in [-0.39, 0.29) is 0 Å². The SMILES string of the molecule is CC[Si](/C=C/c1scnc1C)(CC)CC. The fourth-order valence-corrected chi connectivity index (χ4v) is 5.37. The van der Waals surface area contributed by atoms with Gasteiger partial charge in [0.15, 0.2) is 0 Å². The third-order valence-electron chi connectivity index (χ3n) is 3.48. The van der Waals surface area contributed by atoms with Crippen LogP contribution >= 0.6 is 11.3 Å². The van der Waals surface area contributed by atoms with E-state index in [1.807, 2.05) is 5.51 Å². The van der Waals surface area contributed by atoms with Crippen molar-refractivity contribution in [2.24, 2.45) is 0 Å². The summed E-state index contributed by atoms with van der Waals surface area (Å²) in [5.41, 5.74) is 5.62. The molecule has 15 heavy (non-hydrogen) atoms. The second kappa shape index (κ2) is 5.61. The van der Waals surface area contributed by atoms with E-state index in [1.54, 1.807) is 11.3 Å². The lowest BCUT2D eigenvalue weighted by Gasteiger charge is -2.23. The Labute approximate surface area is 98.3 Å². The zero-order valence-electron chi connectivity index (χ0n) is 10.2. The summed E-state index contributed by atoms with van der Waals surface area (Å²) in [6.07, 6.45) is 2.32. The van der Waals surface area contributed by atoms with Crippen LogP contribution in [0.3, 0.4) is 0 Å². The molecule has 1 aromatic rings. The molecule has 1 rings (SSSR count). The van der Waals surface area contributed by atoms with E-state index in [0.29, 0.717) is 0 Å². The maximum absolute atomic E-state index is 4.28. The zero-order valence-corrected chi connectivity index (χ0v) is 12.0. The maximum Gasteiger partial charge on any atom is 0.0801 e. The Morgan fingerprint density at radius 2 is 1.87 bits per heavy atom. The van der Waals surface area contributed by atoms with E-state index in [2.05, 4.69) is 44.5 Å². The lowest BCUT2D eigenvalue weighted by Crippen LogP contribution is -2.28. The summed E-state index contributed by atoms with van der Waals surface area (Å²) in [5, 5.41) is 0. The Bertz CT molecular complexity index is 318. The third-order valence-corrected chi connectivity index (χ3v) is 9.48. The topological polar surface area (TPSA) is 12.9 Å². The molecule has 0 unspecified atom stereocenters. The summed E-state index contributed by atoms with van der Waals surface area (Å²) in [6, 6.07) is 4.07. The fraction of sp³-hybridized carbons (Fsp3) is 0.583. The molecular weight excluding hydrogens is 218 g/mol. The molecule has 0 N–H and O–H groups in total. The van der Waals surface area contributed by atoms with Crippen molar-refractivity contribution in [3.05, 3.63) is 21.8 Å². The van der Waals surface area contributed by atoms with Crippen molar-refractivity contribution in [2.75, 3.05) is 0 Å². The molecule has 0 atom stereocenters. The van der Waals surface area contributed by atoms with Crippen LogP contribution in [0.25, 0.3) is 6.08 Å². The predicted molar refractivity (Wildman–Crippen MR) is 73.1 cm³/mol. The van der Waals surface area contributed by atoms with Crippen molar-refractivity contribution in [1.82, 2.24) is 4.98 Å². The monoisotopic (exact) mass is 239 g/mol. The average molecular weight is 239 g/mol. The highest BCUT2D eigenvalue weighted by Crippen LogP contribution is 2.24. The van der Waals surface area contributed by atoms with Crippen LogP contribution in [0, 0.1) is 6.92 Å². The standard InChI is InChI=1S/C12H21NSSi/c1-5-15(6-2,7-3)9-8-12-11(4)13-10-14-12/h8-10H,5-7H2,1-4H3/b9-8+. The molecule has 0 aliphatic carbocycles. The summed E-state index contributed by atoms with van der Waals surface area (Å²) >= 11 is 1.75. The lowest BCUT2D eigenvalue weighted by atomic mass is 10.4. The van der Waals surface area contributed by atoms with Gasteiger partial charge in [-0.2, -0.15) is 0 Å². The van der Waals surface area contributed by atoms with Crippen LogP contribution in [-0.4, -0.2) is 13.1 Å². The number of hydrogen-bond donors (Lipinski definition) is 0. The van der Waals surface area contributed by atoms with Crippen molar-refractivity contribution < 1.29 is 0 Å². The smallest absolute Gasteiger partial charge is 0.0801 e. The zero-order chi connectivity index (χ0) is 11.3. The van der Waals surface area contributed by atoms with Crippen LogP contribution in [0.5, 0.6) is 0 Å². The average Bonchev–Trinajstić information content (AvgIpc) is 2.67. The first-order chi connectivity index (χ1) is 7.17. The highest BCUT2D eigenvalue weighted by molar-refractivity contribution is 7.10. The summed E-state index contributed by atoms with van der Waals surface area (Å²) in [7, 11) is -1.10. The van der Waals surface area contributed by atoms with Crippen molar-refractivity contribution in [3.8, 4) is 0 Å². The molecule has 3 heteroatoms. The van der Waals surface area contributed by atoms with E-state index in [4.69, 9.17) is 0 Å². The first-order valence-corrected chi connectivity index (χ1v) is 9.34. The number of rotatable bonds is 5. The summed E-state index contributed by atoms with van der Waals surface area (Å²) in [4.78, 5) is 5.61. The van der Waals surface area contributed by atoms with Gasteiger partial charge in [-0.1, -0.05) is 50.7 Å². The van der Waals surface area contributed by atoms with Crippen LogP contribution in [-0.2, 0) is 0 Å². The van der Waals surface area contributed by atoms with E-state index in [1.165, 1.54) is 28.7 Å². The van der Waals surface area contributed by atoms with Crippen molar-refractivity contribution in [3.63, 3.8) is 0 Å². The lowest BCUT2D eigenvalue weighted by molar-refractivity contribution is 1.19. The predicted octanol–water partition coefficient (Wildman–Crippen LogP) is 4.51. The van der Waals surface area contributed by atoms with Gasteiger partial charge in [-0.15, -0.1) is 11.3 Å². The Balaban J connectivity index is 2.83. The second-order valence-electron chi connectivity index (χ2n) is 4.06. The van der Waals surface area contributed by atoms with Gasteiger partial charge in [-0.05, 0) is 6.92 Å². The Hall–Kier alpha value is -0.413. The van der Waals surface area contributed by atoms with Gasteiger partial charge in [0.05, 0.1) is 19.3 Å². The molecule has 1 nitrogen and oxygen atoms in total. The van der Waals surface area contributed by atoms with Gasteiger partial charge in [0.1, 0.15) is 0 Å². The number of hydrogen-bond acceptors (Lipinski definition) is 2. The molecule has 0 saturated carbocycles. The first kappa shape index (κ1) is 12.7. The molecule has 0 aliphatic rings. The summed E-state index contributed by atoms with van der Waals surface area (Å²) < 4.78 is 0. The third kappa shape index (κ3) is 3.02. The van der Waals surface area contributed by atoms with E-state index in [9.17, 15) is 0 Å². The minimum atomic E-state index is -1.10. The van der Waals surface area contributed by atoms with Crippen molar-refractivity contribution in [1.29, 1.82) is 0 Å². The molecule has 0 aromatic carbocycles. The molecular formula is C12H21NSSi. The van der Waals surface area contributed by atoms with Gasteiger partial charge >= 0.3 is 0 Å². The molecule has 1 heterocycles. The first-order valence-electron chi connectivity index (χ1n) is 5.76. The van der Waals surface area contributed by atoms with Crippen molar-refractivity contribution >= 4 is 25.5 Å². The summed E-state index contributed by atoms with van der Waals surface area (Å²) in [6.45, 7) is 9.10. The Morgan fingerprint density at radius 3 is 2.27 bits per heavy atom. The van der Waals surface area contributed by atoms with Gasteiger partial charge in [0.2, 0.25) is 0 Å². The molecule has 0 saturated heterocycles. The minimum Gasteiger partial charge on any atom is -0.249 e. The van der Waals surface area contributed by atoms with Crippen LogP contribution in [0.2, 0.25) is 18.1 Å². The van der Waals surface area contributed by atoms with Gasteiger partial charge in [-0.3, -0.25) is 0 Å². The van der Waals surface area contributed by atoms with E-state index >= 15 is 0 Å². The molecule has 1 aromatic heterocycles. The molecule has 84 valence electrons. The molecule has 0 aliphatic heterocycles. The van der Waals surface area contributed by atoms with Gasteiger partial charge in [0, 0.05) is 4.88 Å². The molecule has 0 amide bonds. The van der Waals surface area contributed by atoms with Crippen LogP contribution in [0.4, 0.5) is 0 Å². The van der Waals surface area contributed by atoms with Crippen LogP contribution < -0.4 is 0 Å². The van der Waals surface area contributed by atoms with Gasteiger partial charge in [-0.25, -0.2) is 4.98 Å². The quantitative estimate of drug-likeness (QED) is 0.689. The van der Waals surface area contributed by atoms with E-state index in [0.717, 1.165) is 0 Å². The maximum atomic E-state index is 4.28. The fourth-order valence-electron chi connectivity index (χ4n) is 1.83. The highest BCUT2D eigenvalue weighted by atomic mass is 32.1. The number of aromatic nitrogens is 1.